The van der Waals surface area contributed by atoms with E-state index in [0.717, 1.165) is 12.0 Å². The van der Waals surface area contributed by atoms with Gasteiger partial charge in [-0.25, -0.2) is 4.79 Å². The maximum atomic E-state index is 12.7. The van der Waals surface area contributed by atoms with Crippen LogP contribution in [-0.4, -0.2) is 35.0 Å². The summed E-state index contributed by atoms with van der Waals surface area (Å²) in [6.45, 7) is 3.19. The first-order valence-corrected chi connectivity index (χ1v) is 7.74. The number of carbonyl (C=O) groups is 2. The zero-order valence-electron chi connectivity index (χ0n) is 13.0. The minimum Gasteiger partial charge on any atom is -0.478 e. The number of benzene rings is 2. The molecule has 1 aliphatic rings. The van der Waals surface area contributed by atoms with Gasteiger partial charge >= 0.3 is 5.97 Å². The lowest BCUT2D eigenvalue weighted by Gasteiger charge is -2.17. The molecular weight excluding hydrogens is 290 g/mol. The first-order valence-electron chi connectivity index (χ1n) is 7.74. The summed E-state index contributed by atoms with van der Waals surface area (Å²) in [7, 11) is 0. The standard InChI is InChI=1S/C19H19NO3/c1-13-9-16(11-17(10-13)19(22)23)18(21)20-8-7-15(12-20)14-5-3-2-4-6-14/h2-6,9-11,15H,7-8,12H2,1H3,(H,22,23). The molecule has 1 saturated heterocycles. The van der Waals surface area contributed by atoms with Gasteiger partial charge in [0.05, 0.1) is 5.56 Å². The molecule has 1 atom stereocenters. The smallest absolute Gasteiger partial charge is 0.335 e. The molecule has 4 heteroatoms. The van der Waals surface area contributed by atoms with Crippen molar-refractivity contribution in [2.24, 2.45) is 0 Å². The SMILES string of the molecule is Cc1cc(C(=O)O)cc(C(=O)N2CCC(c3ccccc3)C2)c1. The Kier molecular flexibility index (Phi) is 4.15. The Balaban J connectivity index is 1.78. The third-order valence-corrected chi connectivity index (χ3v) is 4.32. The van der Waals surface area contributed by atoms with Crippen molar-refractivity contribution in [2.45, 2.75) is 19.3 Å². The highest BCUT2D eigenvalue weighted by atomic mass is 16.4. The first-order chi connectivity index (χ1) is 11.0. The minimum atomic E-state index is -1.01. The molecule has 0 aliphatic carbocycles. The number of likely N-dealkylation sites (tertiary alicyclic amines) is 1. The van der Waals surface area contributed by atoms with E-state index in [9.17, 15) is 9.59 Å². The fourth-order valence-corrected chi connectivity index (χ4v) is 3.15. The van der Waals surface area contributed by atoms with E-state index in [1.54, 1.807) is 19.1 Å². The van der Waals surface area contributed by atoms with Crippen molar-refractivity contribution in [3.05, 3.63) is 70.8 Å². The number of amides is 1. The fraction of sp³-hybridized carbons (Fsp3) is 0.263. The summed E-state index contributed by atoms with van der Waals surface area (Å²) < 4.78 is 0. The molecule has 0 bridgehead atoms. The van der Waals surface area contributed by atoms with Crippen molar-refractivity contribution in [3.63, 3.8) is 0 Å². The van der Waals surface area contributed by atoms with E-state index < -0.39 is 5.97 Å². The number of carboxylic acids is 1. The fourth-order valence-electron chi connectivity index (χ4n) is 3.15. The van der Waals surface area contributed by atoms with Crippen molar-refractivity contribution in [1.29, 1.82) is 0 Å². The molecule has 118 valence electrons. The first kappa shape index (κ1) is 15.3. The summed E-state index contributed by atoms with van der Waals surface area (Å²) in [6.07, 6.45) is 0.938. The molecule has 2 aromatic rings. The van der Waals surface area contributed by atoms with Gasteiger partial charge < -0.3 is 10.0 Å². The number of hydrogen-bond donors (Lipinski definition) is 1. The summed E-state index contributed by atoms with van der Waals surface area (Å²) in [6, 6.07) is 15.0. The largest absolute Gasteiger partial charge is 0.478 e. The maximum absolute atomic E-state index is 12.7. The lowest BCUT2D eigenvalue weighted by molar-refractivity contribution is 0.0696. The topological polar surface area (TPSA) is 57.6 Å². The second-order valence-corrected chi connectivity index (χ2v) is 6.04. The summed E-state index contributed by atoms with van der Waals surface area (Å²) in [4.78, 5) is 25.7. The van der Waals surface area contributed by atoms with Gasteiger partial charge in [-0.3, -0.25) is 4.79 Å². The van der Waals surface area contributed by atoms with Crippen LogP contribution in [0.3, 0.4) is 0 Å². The monoisotopic (exact) mass is 309 g/mol. The lowest BCUT2D eigenvalue weighted by atomic mass is 9.99. The Labute approximate surface area is 135 Å². The number of aromatic carboxylic acids is 1. The molecular formula is C19H19NO3. The van der Waals surface area contributed by atoms with Gasteiger partial charge in [0.25, 0.3) is 5.91 Å². The second kappa shape index (κ2) is 6.24. The van der Waals surface area contributed by atoms with E-state index >= 15 is 0 Å². The highest BCUT2D eigenvalue weighted by Gasteiger charge is 2.28. The van der Waals surface area contributed by atoms with Crippen LogP contribution < -0.4 is 0 Å². The van der Waals surface area contributed by atoms with Gasteiger partial charge in [-0.2, -0.15) is 0 Å². The molecule has 4 nitrogen and oxygen atoms in total. The summed E-state index contributed by atoms with van der Waals surface area (Å²) in [5.74, 6) is -0.745. The van der Waals surface area contributed by atoms with Crippen LogP contribution in [0.4, 0.5) is 0 Å². The van der Waals surface area contributed by atoms with Crippen molar-refractivity contribution in [2.75, 3.05) is 13.1 Å². The van der Waals surface area contributed by atoms with Crippen LogP contribution in [0.15, 0.2) is 48.5 Å². The molecule has 23 heavy (non-hydrogen) atoms. The molecule has 1 amide bonds. The molecule has 0 radical (unpaired) electrons. The predicted molar refractivity (Wildman–Crippen MR) is 87.8 cm³/mol. The molecule has 1 unspecified atom stereocenters. The average molecular weight is 309 g/mol. The van der Waals surface area contributed by atoms with Gasteiger partial charge in [0.2, 0.25) is 0 Å². The molecule has 1 aliphatic heterocycles. The lowest BCUT2D eigenvalue weighted by Crippen LogP contribution is -2.28. The van der Waals surface area contributed by atoms with Gasteiger partial charge in [0, 0.05) is 24.6 Å². The third kappa shape index (κ3) is 3.26. The number of rotatable bonds is 3. The van der Waals surface area contributed by atoms with E-state index in [1.165, 1.54) is 11.6 Å². The number of hydrogen-bond acceptors (Lipinski definition) is 2. The van der Waals surface area contributed by atoms with Crippen molar-refractivity contribution in [3.8, 4) is 0 Å². The van der Waals surface area contributed by atoms with Crippen LogP contribution in [0.25, 0.3) is 0 Å². The molecule has 1 fully saturated rings. The third-order valence-electron chi connectivity index (χ3n) is 4.32. The Morgan fingerprint density at radius 1 is 1.09 bits per heavy atom. The summed E-state index contributed by atoms with van der Waals surface area (Å²) in [5, 5.41) is 9.15. The Morgan fingerprint density at radius 2 is 1.78 bits per heavy atom. The highest BCUT2D eigenvalue weighted by Crippen LogP contribution is 2.28. The van der Waals surface area contributed by atoms with Crippen molar-refractivity contribution < 1.29 is 14.7 Å². The van der Waals surface area contributed by atoms with E-state index in [4.69, 9.17) is 5.11 Å². The van der Waals surface area contributed by atoms with Gasteiger partial charge in [0.1, 0.15) is 0 Å². The van der Waals surface area contributed by atoms with Crippen LogP contribution in [-0.2, 0) is 0 Å². The molecule has 0 saturated carbocycles. The van der Waals surface area contributed by atoms with E-state index in [-0.39, 0.29) is 11.5 Å². The average Bonchev–Trinajstić information content (AvgIpc) is 3.04. The Morgan fingerprint density at radius 3 is 2.48 bits per heavy atom. The summed E-state index contributed by atoms with van der Waals surface area (Å²) in [5.41, 5.74) is 2.65. The predicted octanol–water partition coefficient (Wildman–Crippen LogP) is 3.32. The van der Waals surface area contributed by atoms with Crippen LogP contribution in [0.2, 0.25) is 0 Å². The maximum Gasteiger partial charge on any atom is 0.335 e. The number of carbonyl (C=O) groups excluding carboxylic acids is 1. The van der Waals surface area contributed by atoms with Gasteiger partial charge in [0.15, 0.2) is 0 Å². The van der Waals surface area contributed by atoms with E-state index in [1.807, 2.05) is 23.1 Å². The minimum absolute atomic E-state index is 0.0883. The van der Waals surface area contributed by atoms with Crippen LogP contribution in [0.1, 0.15) is 44.2 Å². The van der Waals surface area contributed by atoms with Crippen molar-refractivity contribution >= 4 is 11.9 Å². The zero-order valence-corrected chi connectivity index (χ0v) is 13.0. The van der Waals surface area contributed by atoms with E-state index in [2.05, 4.69) is 12.1 Å². The number of aryl methyl sites for hydroxylation is 1. The Hall–Kier alpha value is -2.62. The second-order valence-electron chi connectivity index (χ2n) is 6.04. The molecule has 0 aromatic heterocycles. The van der Waals surface area contributed by atoms with E-state index in [0.29, 0.717) is 24.6 Å². The van der Waals surface area contributed by atoms with Crippen LogP contribution >= 0.6 is 0 Å². The molecule has 0 spiro atoms. The van der Waals surface area contributed by atoms with Gasteiger partial charge in [-0.05, 0) is 42.7 Å². The summed E-state index contributed by atoms with van der Waals surface area (Å²) >= 11 is 0. The quantitative estimate of drug-likeness (QED) is 0.946. The Bertz CT molecular complexity index is 740. The molecule has 1 heterocycles. The van der Waals surface area contributed by atoms with Crippen LogP contribution in [0, 0.1) is 6.92 Å². The normalized spacial score (nSPS) is 17.3. The number of carboxylic acid groups (broad SMARTS) is 1. The highest BCUT2D eigenvalue weighted by molar-refractivity contribution is 5.98. The molecule has 1 N–H and O–H groups in total. The van der Waals surface area contributed by atoms with Gasteiger partial charge in [-0.15, -0.1) is 0 Å². The number of nitrogens with zero attached hydrogens (tertiary/aromatic N) is 1. The van der Waals surface area contributed by atoms with Crippen molar-refractivity contribution in [1.82, 2.24) is 4.90 Å². The molecule has 3 rings (SSSR count). The molecule has 2 aromatic carbocycles. The van der Waals surface area contributed by atoms with Crippen LogP contribution in [0.5, 0.6) is 0 Å². The zero-order chi connectivity index (χ0) is 16.4. The van der Waals surface area contributed by atoms with Gasteiger partial charge in [-0.1, -0.05) is 30.3 Å².